The van der Waals surface area contributed by atoms with E-state index < -0.39 is 0 Å². The maximum Gasteiger partial charge on any atom is 0.212 e. The molecule has 0 aromatic heterocycles. The number of benzene rings is 1. The van der Waals surface area contributed by atoms with Crippen LogP contribution < -0.4 is 5.48 Å². The Hall–Kier alpha value is -1.47. The zero-order valence-electron chi connectivity index (χ0n) is 12.8. The van der Waals surface area contributed by atoms with Gasteiger partial charge in [-0.2, -0.15) is 0 Å². The van der Waals surface area contributed by atoms with Crippen molar-refractivity contribution < 1.29 is 9.94 Å². The van der Waals surface area contributed by atoms with Crippen molar-refractivity contribution in [3.8, 4) is 0 Å². The monoisotopic (exact) mass is 304 g/mol. The Bertz CT molecular complexity index is 486. The predicted molar refractivity (Wildman–Crippen MR) is 85.4 cm³/mol. The fourth-order valence-electron chi connectivity index (χ4n) is 2.85. The summed E-state index contributed by atoms with van der Waals surface area (Å²) in [5, 5.41) is 8.96. The van der Waals surface area contributed by atoms with E-state index in [0.29, 0.717) is 0 Å². The molecule has 0 bridgehead atoms. The predicted octanol–water partition coefficient (Wildman–Crippen LogP) is 0.618. The van der Waals surface area contributed by atoms with Crippen LogP contribution in [0.15, 0.2) is 35.3 Å². The van der Waals surface area contributed by atoms with Crippen LogP contribution in [-0.4, -0.2) is 66.7 Å². The molecule has 2 aliphatic rings. The minimum absolute atomic E-state index is 0.0856. The third-order valence-corrected chi connectivity index (χ3v) is 4.20. The lowest BCUT2D eigenvalue weighted by atomic mass is 10.2. The lowest BCUT2D eigenvalue weighted by Crippen LogP contribution is -2.47. The van der Waals surface area contributed by atoms with Crippen LogP contribution >= 0.6 is 0 Å². The van der Waals surface area contributed by atoms with Gasteiger partial charge in [0.25, 0.3) is 0 Å². The van der Waals surface area contributed by atoms with Gasteiger partial charge in [0.2, 0.25) is 5.90 Å². The summed E-state index contributed by atoms with van der Waals surface area (Å²) in [4.78, 5) is 14.8. The summed E-state index contributed by atoms with van der Waals surface area (Å²) >= 11 is 0. The van der Waals surface area contributed by atoms with Gasteiger partial charge in [0, 0.05) is 45.7 Å². The van der Waals surface area contributed by atoms with Gasteiger partial charge in [0.1, 0.15) is 0 Å². The Labute approximate surface area is 131 Å². The largest absolute Gasteiger partial charge is 0.395 e. The van der Waals surface area contributed by atoms with Crippen molar-refractivity contribution >= 4 is 5.90 Å². The molecule has 2 heterocycles. The number of hydroxylamine groups is 1. The molecule has 1 aromatic rings. The number of rotatable bonds is 6. The Balaban J connectivity index is 1.43. The van der Waals surface area contributed by atoms with E-state index in [2.05, 4.69) is 20.3 Å². The number of aliphatic hydroxyl groups excluding tert-OH is 1. The standard InChI is InChI=1S/C16H24N4O2/c21-13-12-20-10-8-19(9-11-20)7-6-15-17-16(18-22-15)14-4-2-1-3-5-14/h1-5,16,18,21H,6-13H2/t16-/m1/s1. The summed E-state index contributed by atoms with van der Waals surface area (Å²) in [6.07, 6.45) is 0.744. The van der Waals surface area contributed by atoms with Crippen molar-refractivity contribution in [3.63, 3.8) is 0 Å². The van der Waals surface area contributed by atoms with Crippen molar-refractivity contribution in [1.29, 1.82) is 0 Å². The third-order valence-electron chi connectivity index (χ3n) is 4.20. The summed E-state index contributed by atoms with van der Waals surface area (Å²) in [5.41, 5.74) is 4.10. The Morgan fingerprint density at radius 3 is 2.45 bits per heavy atom. The van der Waals surface area contributed by atoms with Crippen molar-refractivity contribution in [2.75, 3.05) is 45.9 Å². The summed E-state index contributed by atoms with van der Waals surface area (Å²) in [6.45, 7) is 6.14. The second kappa shape index (κ2) is 7.69. The molecule has 2 N–H and O–H groups in total. The highest BCUT2D eigenvalue weighted by molar-refractivity contribution is 5.77. The molecule has 1 saturated heterocycles. The molecule has 0 unspecified atom stereocenters. The van der Waals surface area contributed by atoms with Gasteiger partial charge < -0.3 is 14.8 Å². The molecular formula is C16H24N4O2. The second-order valence-electron chi connectivity index (χ2n) is 5.71. The molecule has 120 valence electrons. The molecule has 6 heteroatoms. The van der Waals surface area contributed by atoms with E-state index in [-0.39, 0.29) is 12.8 Å². The number of β-amino-alcohol motifs (C(OH)–C–C–N with tert-alkyl or cyclic N) is 1. The molecule has 0 amide bonds. The smallest absolute Gasteiger partial charge is 0.212 e. The van der Waals surface area contributed by atoms with E-state index in [9.17, 15) is 0 Å². The fourth-order valence-corrected chi connectivity index (χ4v) is 2.85. The Morgan fingerprint density at radius 2 is 1.77 bits per heavy atom. The molecule has 0 aliphatic carbocycles. The number of hydrogen-bond acceptors (Lipinski definition) is 6. The molecule has 1 atom stereocenters. The Morgan fingerprint density at radius 1 is 1.09 bits per heavy atom. The molecule has 1 aromatic carbocycles. The summed E-state index contributed by atoms with van der Waals surface area (Å²) < 4.78 is 0. The minimum atomic E-state index is -0.0856. The summed E-state index contributed by atoms with van der Waals surface area (Å²) in [6, 6.07) is 10.1. The van der Waals surface area contributed by atoms with Crippen LogP contribution in [0.4, 0.5) is 0 Å². The average Bonchev–Trinajstić information content (AvgIpc) is 3.04. The van der Waals surface area contributed by atoms with Crippen LogP contribution in [0.1, 0.15) is 18.2 Å². The van der Waals surface area contributed by atoms with Gasteiger partial charge in [-0.15, -0.1) is 5.48 Å². The van der Waals surface area contributed by atoms with Gasteiger partial charge in [-0.1, -0.05) is 30.3 Å². The first kappa shape index (κ1) is 15.4. The quantitative estimate of drug-likeness (QED) is 0.807. The van der Waals surface area contributed by atoms with Crippen LogP contribution in [0.25, 0.3) is 0 Å². The first-order valence-corrected chi connectivity index (χ1v) is 7.95. The molecule has 6 nitrogen and oxygen atoms in total. The summed E-state index contributed by atoms with van der Waals surface area (Å²) in [7, 11) is 0. The van der Waals surface area contributed by atoms with E-state index in [1.807, 2.05) is 30.3 Å². The van der Waals surface area contributed by atoms with Crippen molar-refractivity contribution in [3.05, 3.63) is 35.9 Å². The SMILES string of the molecule is OCCN1CCN(CCC2=N[C@@H](c3ccccc3)NO2)CC1. The van der Waals surface area contributed by atoms with Crippen LogP contribution in [0, 0.1) is 0 Å². The number of hydrogen-bond donors (Lipinski definition) is 2. The van der Waals surface area contributed by atoms with Gasteiger partial charge >= 0.3 is 0 Å². The van der Waals surface area contributed by atoms with E-state index >= 15 is 0 Å². The van der Waals surface area contributed by atoms with E-state index in [4.69, 9.17) is 9.94 Å². The van der Waals surface area contributed by atoms with Crippen LogP contribution in [0.3, 0.4) is 0 Å². The van der Waals surface area contributed by atoms with Gasteiger partial charge in [0.05, 0.1) is 6.61 Å². The van der Waals surface area contributed by atoms with Gasteiger partial charge in [-0.3, -0.25) is 4.90 Å². The molecule has 22 heavy (non-hydrogen) atoms. The lowest BCUT2D eigenvalue weighted by molar-refractivity contribution is 0.112. The topological polar surface area (TPSA) is 60.3 Å². The Kier molecular flexibility index (Phi) is 5.39. The molecule has 1 fully saturated rings. The zero-order valence-corrected chi connectivity index (χ0v) is 12.8. The number of nitrogens with zero attached hydrogens (tertiary/aromatic N) is 3. The fraction of sp³-hybridized carbons (Fsp3) is 0.562. The van der Waals surface area contributed by atoms with Crippen LogP contribution in [0.5, 0.6) is 0 Å². The van der Waals surface area contributed by atoms with Gasteiger partial charge in [0.15, 0.2) is 6.17 Å². The van der Waals surface area contributed by atoms with Crippen molar-refractivity contribution in [1.82, 2.24) is 15.3 Å². The lowest BCUT2D eigenvalue weighted by Gasteiger charge is -2.34. The normalized spacial score (nSPS) is 23.3. The second-order valence-corrected chi connectivity index (χ2v) is 5.71. The number of nitrogens with one attached hydrogen (secondary N) is 1. The number of piperazine rings is 1. The number of aliphatic imine (C=N–C) groups is 1. The highest BCUT2D eigenvalue weighted by Crippen LogP contribution is 2.19. The third kappa shape index (κ3) is 4.04. The molecular weight excluding hydrogens is 280 g/mol. The minimum Gasteiger partial charge on any atom is -0.395 e. The van der Waals surface area contributed by atoms with Crippen LogP contribution in [0.2, 0.25) is 0 Å². The molecule has 2 aliphatic heterocycles. The van der Waals surface area contributed by atoms with E-state index in [1.54, 1.807) is 0 Å². The van der Waals surface area contributed by atoms with Crippen molar-refractivity contribution in [2.45, 2.75) is 12.6 Å². The maximum atomic E-state index is 8.96. The molecule has 0 spiro atoms. The zero-order chi connectivity index (χ0) is 15.2. The van der Waals surface area contributed by atoms with Gasteiger partial charge in [-0.05, 0) is 5.56 Å². The van der Waals surface area contributed by atoms with Gasteiger partial charge in [-0.25, -0.2) is 4.99 Å². The number of aliphatic hydroxyl groups is 1. The highest BCUT2D eigenvalue weighted by Gasteiger charge is 2.21. The molecule has 3 rings (SSSR count). The van der Waals surface area contributed by atoms with Crippen LogP contribution in [-0.2, 0) is 4.84 Å². The first-order valence-electron chi connectivity index (χ1n) is 7.95. The highest BCUT2D eigenvalue weighted by atomic mass is 16.7. The first-order chi connectivity index (χ1) is 10.8. The van der Waals surface area contributed by atoms with E-state index in [1.165, 1.54) is 0 Å². The maximum absolute atomic E-state index is 8.96. The van der Waals surface area contributed by atoms with Crippen molar-refractivity contribution in [2.24, 2.45) is 4.99 Å². The average molecular weight is 304 g/mol. The molecule has 0 radical (unpaired) electrons. The molecule has 0 saturated carbocycles. The summed E-state index contributed by atoms with van der Waals surface area (Å²) in [5.74, 6) is 0.784. The van der Waals surface area contributed by atoms with E-state index in [0.717, 1.165) is 57.2 Å².